The number of aromatic nitrogens is 1. The minimum atomic E-state index is 1.09. The van der Waals surface area contributed by atoms with Gasteiger partial charge >= 0.3 is 0 Å². The lowest BCUT2D eigenvalue weighted by Gasteiger charge is -2.10. The molecule has 0 atom stereocenters. The highest BCUT2D eigenvalue weighted by Gasteiger charge is 2.16. The van der Waals surface area contributed by atoms with Crippen LogP contribution in [-0.2, 0) is 0 Å². The Morgan fingerprint density at radius 3 is 2.18 bits per heavy atom. The highest BCUT2D eigenvalue weighted by atomic mass is 79.9. The van der Waals surface area contributed by atoms with Crippen molar-refractivity contribution in [1.29, 1.82) is 0 Å². The molecule has 0 saturated carbocycles. The van der Waals surface area contributed by atoms with Crippen molar-refractivity contribution >= 4 is 69.2 Å². The molecule has 5 aromatic carbocycles. The highest BCUT2D eigenvalue weighted by Crippen LogP contribution is 2.41. The van der Waals surface area contributed by atoms with Gasteiger partial charge in [-0.25, -0.2) is 0 Å². The van der Waals surface area contributed by atoms with Gasteiger partial charge in [-0.1, -0.05) is 88.7 Å². The Kier molecular flexibility index (Phi) is 4.23. The summed E-state index contributed by atoms with van der Waals surface area (Å²) in [6.45, 7) is 0. The first-order valence-electron chi connectivity index (χ1n) is 11.0. The van der Waals surface area contributed by atoms with Crippen LogP contribution >= 0.6 is 27.3 Å². The van der Waals surface area contributed by atoms with Crippen molar-refractivity contribution in [2.75, 3.05) is 0 Å². The number of nitrogens with zero attached hydrogens (tertiary/aromatic N) is 1. The van der Waals surface area contributed by atoms with Crippen LogP contribution in [0.2, 0.25) is 0 Å². The second kappa shape index (κ2) is 7.31. The predicted molar refractivity (Wildman–Crippen MR) is 147 cm³/mol. The topological polar surface area (TPSA) is 4.93 Å². The maximum atomic E-state index is 3.63. The molecule has 2 aromatic heterocycles. The molecule has 0 fully saturated rings. The molecule has 2 heterocycles. The van der Waals surface area contributed by atoms with Crippen LogP contribution in [0.5, 0.6) is 0 Å². The van der Waals surface area contributed by atoms with Crippen LogP contribution in [0.15, 0.2) is 114 Å². The summed E-state index contributed by atoms with van der Waals surface area (Å²) in [6, 6.07) is 39.5. The first kappa shape index (κ1) is 19.1. The number of halogens is 1. The summed E-state index contributed by atoms with van der Waals surface area (Å²) in [4.78, 5) is 0. The van der Waals surface area contributed by atoms with Crippen molar-refractivity contribution in [3.63, 3.8) is 0 Å². The van der Waals surface area contributed by atoms with E-state index in [1.54, 1.807) is 0 Å². The quantitative estimate of drug-likeness (QED) is 0.221. The van der Waals surface area contributed by atoms with Crippen LogP contribution in [-0.4, -0.2) is 4.57 Å². The van der Waals surface area contributed by atoms with E-state index < -0.39 is 0 Å². The van der Waals surface area contributed by atoms with Gasteiger partial charge in [0.05, 0.1) is 21.4 Å². The van der Waals surface area contributed by atoms with E-state index in [0.29, 0.717) is 0 Å². The maximum Gasteiger partial charge on any atom is 0.0640 e. The van der Waals surface area contributed by atoms with Crippen molar-refractivity contribution < 1.29 is 0 Å². The molecule has 0 unspecified atom stereocenters. The predicted octanol–water partition coefficient (Wildman–Crippen LogP) is 9.58. The van der Waals surface area contributed by atoms with Gasteiger partial charge in [0.1, 0.15) is 0 Å². The molecule has 3 heteroatoms. The monoisotopic (exact) mass is 503 g/mol. The molecule has 0 amide bonds. The Bertz CT molecular complexity index is 1840. The van der Waals surface area contributed by atoms with Gasteiger partial charge in [0.25, 0.3) is 0 Å². The molecule has 0 aliphatic heterocycles. The van der Waals surface area contributed by atoms with Crippen LogP contribution in [0.3, 0.4) is 0 Å². The van der Waals surface area contributed by atoms with E-state index in [1.165, 1.54) is 58.8 Å². The second-order valence-corrected chi connectivity index (χ2v) is 10.3. The normalized spacial score (nSPS) is 11.8. The number of hydrogen-bond acceptors (Lipinski definition) is 1. The Labute approximate surface area is 203 Å². The summed E-state index contributed by atoms with van der Waals surface area (Å²) in [7, 11) is 0. The Hall–Kier alpha value is -3.40. The molecule has 0 spiro atoms. The van der Waals surface area contributed by atoms with Crippen molar-refractivity contribution in [2.45, 2.75) is 0 Å². The zero-order valence-corrected chi connectivity index (χ0v) is 20.0. The molecule has 7 rings (SSSR count). The lowest BCUT2D eigenvalue weighted by atomic mass is 10.0. The summed E-state index contributed by atoms with van der Waals surface area (Å²) >= 11 is 5.51. The van der Waals surface area contributed by atoms with Gasteiger partial charge in [-0.3, -0.25) is 0 Å². The number of thiophene rings is 1. The van der Waals surface area contributed by atoms with E-state index in [1.807, 2.05) is 11.3 Å². The van der Waals surface area contributed by atoms with E-state index in [2.05, 4.69) is 130 Å². The smallest absolute Gasteiger partial charge is 0.0640 e. The molecule has 7 aromatic rings. The zero-order chi connectivity index (χ0) is 21.9. The van der Waals surface area contributed by atoms with Crippen LogP contribution < -0.4 is 0 Å². The molecule has 0 bridgehead atoms. The Morgan fingerprint density at radius 1 is 0.545 bits per heavy atom. The van der Waals surface area contributed by atoms with Crippen molar-refractivity contribution in [3.8, 4) is 16.8 Å². The average molecular weight is 504 g/mol. The third-order valence-corrected chi connectivity index (χ3v) is 8.16. The number of fused-ring (bicyclic) bond motifs is 6. The molecule has 0 aliphatic rings. The molecule has 0 saturated heterocycles. The van der Waals surface area contributed by atoms with Gasteiger partial charge < -0.3 is 4.57 Å². The second-order valence-electron chi connectivity index (χ2n) is 8.35. The summed E-state index contributed by atoms with van der Waals surface area (Å²) in [5.41, 5.74) is 6.15. The Balaban J connectivity index is 1.61. The van der Waals surface area contributed by atoms with E-state index >= 15 is 0 Å². The number of para-hydroxylation sites is 1. The van der Waals surface area contributed by atoms with Gasteiger partial charge in [-0.2, -0.15) is 0 Å². The number of benzene rings is 5. The van der Waals surface area contributed by atoms with Crippen molar-refractivity contribution in [1.82, 2.24) is 4.57 Å². The fourth-order valence-corrected chi connectivity index (χ4v) is 6.59. The first-order chi connectivity index (χ1) is 16.3. The molecule has 0 radical (unpaired) electrons. The lowest BCUT2D eigenvalue weighted by molar-refractivity contribution is 1.20. The van der Waals surface area contributed by atoms with Crippen LogP contribution in [0.1, 0.15) is 0 Å². The molecule has 33 heavy (non-hydrogen) atoms. The highest BCUT2D eigenvalue weighted by molar-refractivity contribution is 9.10. The van der Waals surface area contributed by atoms with E-state index in [9.17, 15) is 0 Å². The minimum Gasteiger partial charge on any atom is -0.308 e. The number of hydrogen-bond donors (Lipinski definition) is 0. The average Bonchev–Trinajstić information content (AvgIpc) is 3.39. The standard InChI is InChI=1S/C30H18BrNS/c31-21-8-5-7-19(17-21)20-15-16-23-22-9-1-3-12-26(22)32(28(23)18-20)27-13-6-11-25-24-10-2-4-14-29(24)33-30(25)27/h1-18H. The van der Waals surface area contributed by atoms with E-state index in [-0.39, 0.29) is 0 Å². The van der Waals surface area contributed by atoms with Gasteiger partial charge in [-0.15, -0.1) is 11.3 Å². The van der Waals surface area contributed by atoms with E-state index in [0.717, 1.165) is 4.47 Å². The molecule has 0 N–H and O–H groups in total. The third kappa shape index (κ3) is 2.90. The van der Waals surface area contributed by atoms with Crippen LogP contribution in [0, 0.1) is 0 Å². The van der Waals surface area contributed by atoms with Gasteiger partial charge in [-0.05, 0) is 47.5 Å². The first-order valence-corrected chi connectivity index (χ1v) is 12.6. The van der Waals surface area contributed by atoms with Gasteiger partial charge in [0.15, 0.2) is 0 Å². The summed E-state index contributed by atoms with van der Waals surface area (Å²) in [6.07, 6.45) is 0. The summed E-state index contributed by atoms with van der Waals surface area (Å²) in [5, 5.41) is 5.21. The van der Waals surface area contributed by atoms with Gasteiger partial charge in [0, 0.05) is 30.7 Å². The van der Waals surface area contributed by atoms with Crippen molar-refractivity contribution in [2.24, 2.45) is 0 Å². The minimum absolute atomic E-state index is 1.09. The fraction of sp³-hybridized carbons (Fsp3) is 0. The summed E-state index contributed by atoms with van der Waals surface area (Å²) < 4.78 is 6.20. The van der Waals surface area contributed by atoms with Gasteiger partial charge in [0.2, 0.25) is 0 Å². The fourth-order valence-electron chi connectivity index (χ4n) is 4.99. The largest absolute Gasteiger partial charge is 0.308 e. The molecule has 0 aliphatic carbocycles. The Morgan fingerprint density at radius 2 is 1.27 bits per heavy atom. The molecule has 156 valence electrons. The maximum absolute atomic E-state index is 3.63. The lowest BCUT2D eigenvalue weighted by Crippen LogP contribution is -1.94. The van der Waals surface area contributed by atoms with E-state index in [4.69, 9.17) is 0 Å². The SMILES string of the molecule is Brc1cccc(-c2ccc3c4ccccc4n(-c4cccc5c4sc4ccccc45)c3c2)c1. The summed E-state index contributed by atoms with van der Waals surface area (Å²) in [5.74, 6) is 0. The van der Waals surface area contributed by atoms with Crippen LogP contribution in [0.25, 0.3) is 58.8 Å². The van der Waals surface area contributed by atoms with Crippen LogP contribution in [0.4, 0.5) is 0 Å². The number of rotatable bonds is 2. The molecule has 1 nitrogen and oxygen atoms in total. The molecular weight excluding hydrogens is 486 g/mol. The van der Waals surface area contributed by atoms with Crippen molar-refractivity contribution in [3.05, 3.63) is 114 Å². The zero-order valence-electron chi connectivity index (χ0n) is 17.6. The molecular formula is C30H18BrNS. The third-order valence-electron chi connectivity index (χ3n) is 6.46.